The number of methoxy groups -OCH3 is 1. The van der Waals surface area contributed by atoms with Crippen LogP contribution in [-0.2, 0) is 9.59 Å². The van der Waals surface area contributed by atoms with Gasteiger partial charge in [-0.05, 0) is 85.3 Å². The topological polar surface area (TPSA) is 96.5 Å². The van der Waals surface area contributed by atoms with Crippen molar-refractivity contribution < 1.29 is 19.1 Å². The first kappa shape index (κ1) is 29.5. The van der Waals surface area contributed by atoms with Crippen LogP contribution in [0.4, 0.5) is 11.4 Å². The summed E-state index contributed by atoms with van der Waals surface area (Å²) in [7, 11) is 1.58. The minimum atomic E-state index is -0.512. The van der Waals surface area contributed by atoms with E-state index in [2.05, 4.69) is 16.0 Å². The zero-order valence-corrected chi connectivity index (χ0v) is 24.0. The largest absolute Gasteiger partial charge is 0.497 e. The summed E-state index contributed by atoms with van der Waals surface area (Å²) in [6, 6.07) is 29.8. The lowest BCUT2D eigenvalue weighted by atomic mass is 10.1. The zero-order valence-electron chi connectivity index (χ0n) is 22.4. The highest BCUT2D eigenvalue weighted by molar-refractivity contribution is 8.00. The van der Waals surface area contributed by atoms with Gasteiger partial charge in [0, 0.05) is 26.9 Å². The van der Waals surface area contributed by atoms with Crippen molar-refractivity contribution in [2.75, 3.05) is 17.7 Å². The van der Waals surface area contributed by atoms with E-state index in [0.29, 0.717) is 33.3 Å². The van der Waals surface area contributed by atoms with Gasteiger partial charge in [-0.3, -0.25) is 14.4 Å². The monoisotopic (exact) mass is 585 g/mol. The summed E-state index contributed by atoms with van der Waals surface area (Å²) in [6.07, 6.45) is 1.56. The summed E-state index contributed by atoms with van der Waals surface area (Å²) < 4.78 is 5.15. The van der Waals surface area contributed by atoms with Crippen molar-refractivity contribution in [3.8, 4) is 5.75 Å². The Morgan fingerprint density at radius 1 is 0.829 bits per heavy atom. The number of ether oxygens (including phenoxy) is 1. The molecule has 3 amide bonds. The Kier molecular flexibility index (Phi) is 10.2. The second kappa shape index (κ2) is 14.2. The van der Waals surface area contributed by atoms with E-state index in [0.717, 1.165) is 4.90 Å². The second-order valence-electron chi connectivity index (χ2n) is 8.89. The maximum absolute atomic E-state index is 13.4. The molecule has 0 aliphatic rings. The molecule has 0 heterocycles. The standard InChI is InChI=1S/C32H28ClN3O4S/c1-21(30(37)34-25-14-16-27(40-2)17-15-25)41-28-13-7-12-26(20-28)35-32(39)29(19-22-8-6-11-24(33)18-22)36-31(38)23-9-4-3-5-10-23/h3-21H,1-2H3,(H,34,37)(H,35,39)(H,36,38)/b29-19-. The SMILES string of the molecule is COc1ccc(NC(=O)C(C)Sc2cccc(NC(=O)/C(=C/c3cccc(Cl)c3)NC(=O)c3ccccc3)c2)cc1. The van der Waals surface area contributed by atoms with E-state index in [1.54, 1.807) is 117 Å². The molecular formula is C32H28ClN3O4S. The van der Waals surface area contributed by atoms with E-state index >= 15 is 0 Å². The predicted molar refractivity (Wildman–Crippen MR) is 165 cm³/mol. The van der Waals surface area contributed by atoms with Crippen molar-refractivity contribution in [2.24, 2.45) is 0 Å². The van der Waals surface area contributed by atoms with E-state index < -0.39 is 17.1 Å². The Balaban J connectivity index is 1.46. The maximum Gasteiger partial charge on any atom is 0.272 e. The molecule has 4 aromatic carbocycles. The molecule has 7 nitrogen and oxygen atoms in total. The van der Waals surface area contributed by atoms with Gasteiger partial charge in [-0.1, -0.05) is 48.0 Å². The Hall–Kier alpha value is -4.53. The van der Waals surface area contributed by atoms with Gasteiger partial charge in [0.2, 0.25) is 5.91 Å². The average molecular weight is 586 g/mol. The van der Waals surface area contributed by atoms with E-state index in [-0.39, 0.29) is 11.6 Å². The molecule has 4 rings (SSSR count). The number of carbonyl (C=O) groups is 3. The average Bonchev–Trinajstić information content (AvgIpc) is 2.97. The highest BCUT2D eigenvalue weighted by Gasteiger charge is 2.17. The minimum Gasteiger partial charge on any atom is -0.497 e. The van der Waals surface area contributed by atoms with Crippen LogP contribution in [0.15, 0.2) is 114 Å². The number of hydrogen-bond acceptors (Lipinski definition) is 5. The Morgan fingerprint density at radius 2 is 1.56 bits per heavy atom. The Bertz CT molecular complexity index is 1560. The molecule has 0 aromatic heterocycles. The van der Waals surface area contributed by atoms with E-state index in [4.69, 9.17) is 16.3 Å². The third-order valence-electron chi connectivity index (χ3n) is 5.82. The number of thioether (sulfide) groups is 1. The highest BCUT2D eigenvalue weighted by atomic mass is 35.5. The smallest absolute Gasteiger partial charge is 0.272 e. The van der Waals surface area contributed by atoms with Gasteiger partial charge in [-0.15, -0.1) is 11.8 Å². The molecule has 9 heteroatoms. The molecule has 0 saturated heterocycles. The Labute approximate surface area is 248 Å². The van der Waals surface area contributed by atoms with Crippen molar-refractivity contribution >= 4 is 58.5 Å². The van der Waals surface area contributed by atoms with Gasteiger partial charge in [0.1, 0.15) is 11.4 Å². The number of nitrogens with one attached hydrogen (secondary N) is 3. The van der Waals surface area contributed by atoms with Gasteiger partial charge >= 0.3 is 0 Å². The quantitative estimate of drug-likeness (QED) is 0.139. The molecular weight excluding hydrogens is 558 g/mol. The molecule has 0 radical (unpaired) electrons. The fourth-order valence-electron chi connectivity index (χ4n) is 3.73. The first-order valence-corrected chi connectivity index (χ1v) is 13.9. The molecule has 4 aromatic rings. The summed E-state index contributed by atoms with van der Waals surface area (Å²) in [5.74, 6) is -0.392. The predicted octanol–water partition coefficient (Wildman–Crippen LogP) is 6.88. The van der Waals surface area contributed by atoms with Crippen LogP contribution in [-0.4, -0.2) is 30.1 Å². The summed E-state index contributed by atoms with van der Waals surface area (Å²) in [6.45, 7) is 1.81. The normalized spacial score (nSPS) is 11.7. The molecule has 0 saturated carbocycles. The number of hydrogen-bond donors (Lipinski definition) is 3. The summed E-state index contributed by atoms with van der Waals surface area (Å²) in [4.78, 5) is 39.8. The lowest BCUT2D eigenvalue weighted by Gasteiger charge is -2.14. The van der Waals surface area contributed by atoms with Crippen LogP contribution in [0.5, 0.6) is 5.75 Å². The second-order valence-corrected chi connectivity index (χ2v) is 10.7. The van der Waals surface area contributed by atoms with E-state index in [1.807, 2.05) is 6.07 Å². The van der Waals surface area contributed by atoms with Gasteiger partial charge in [0.05, 0.1) is 12.4 Å². The lowest BCUT2D eigenvalue weighted by molar-refractivity contribution is -0.115. The van der Waals surface area contributed by atoms with Crippen molar-refractivity contribution in [1.82, 2.24) is 5.32 Å². The van der Waals surface area contributed by atoms with Crippen LogP contribution >= 0.6 is 23.4 Å². The van der Waals surface area contributed by atoms with Crippen LogP contribution in [0.25, 0.3) is 6.08 Å². The molecule has 0 spiro atoms. The van der Waals surface area contributed by atoms with Gasteiger partial charge in [0.25, 0.3) is 11.8 Å². The van der Waals surface area contributed by atoms with Crippen LogP contribution in [0.3, 0.4) is 0 Å². The van der Waals surface area contributed by atoms with Crippen LogP contribution < -0.4 is 20.7 Å². The van der Waals surface area contributed by atoms with E-state index in [1.165, 1.54) is 11.8 Å². The molecule has 0 bridgehead atoms. The van der Waals surface area contributed by atoms with Crippen LogP contribution in [0.2, 0.25) is 5.02 Å². The molecule has 1 atom stereocenters. The number of halogens is 1. The molecule has 3 N–H and O–H groups in total. The van der Waals surface area contributed by atoms with Gasteiger partial charge in [-0.25, -0.2) is 0 Å². The van der Waals surface area contributed by atoms with Crippen molar-refractivity contribution in [2.45, 2.75) is 17.1 Å². The van der Waals surface area contributed by atoms with Gasteiger partial charge < -0.3 is 20.7 Å². The lowest BCUT2D eigenvalue weighted by Crippen LogP contribution is -2.30. The number of rotatable bonds is 10. The molecule has 0 aliphatic carbocycles. The highest BCUT2D eigenvalue weighted by Crippen LogP contribution is 2.27. The van der Waals surface area contributed by atoms with Crippen LogP contribution in [0.1, 0.15) is 22.8 Å². The van der Waals surface area contributed by atoms with E-state index in [9.17, 15) is 14.4 Å². The van der Waals surface area contributed by atoms with Gasteiger partial charge in [-0.2, -0.15) is 0 Å². The fraction of sp³-hybridized carbons (Fsp3) is 0.0938. The number of anilines is 2. The zero-order chi connectivity index (χ0) is 29.2. The molecule has 0 fully saturated rings. The van der Waals surface area contributed by atoms with Crippen molar-refractivity contribution in [3.05, 3.63) is 125 Å². The minimum absolute atomic E-state index is 0.0476. The van der Waals surface area contributed by atoms with Crippen LogP contribution in [0, 0.1) is 0 Å². The first-order chi connectivity index (χ1) is 19.8. The number of carbonyl (C=O) groups excluding carboxylic acids is 3. The third-order valence-corrected chi connectivity index (χ3v) is 7.15. The van der Waals surface area contributed by atoms with Crippen molar-refractivity contribution in [3.63, 3.8) is 0 Å². The molecule has 208 valence electrons. The Morgan fingerprint density at radius 3 is 2.27 bits per heavy atom. The molecule has 41 heavy (non-hydrogen) atoms. The summed E-state index contributed by atoms with van der Waals surface area (Å²) in [5, 5.41) is 8.54. The summed E-state index contributed by atoms with van der Waals surface area (Å²) in [5.41, 5.74) is 2.29. The summed E-state index contributed by atoms with van der Waals surface area (Å²) >= 11 is 7.48. The third kappa shape index (κ3) is 8.73. The van der Waals surface area contributed by atoms with Crippen molar-refractivity contribution in [1.29, 1.82) is 0 Å². The number of benzene rings is 4. The first-order valence-electron chi connectivity index (χ1n) is 12.7. The number of amides is 3. The maximum atomic E-state index is 13.4. The molecule has 1 unspecified atom stereocenters. The van der Waals surface area contributed by atoms with Gasteiger partial charge in [0.15, 0.2) is 0 Å². The molecule has 0 aliphatic heterocycles. The fourth-order valence-corrected chi connectivity index (χ4v) is 4.85.